The summed E-state index contributed by atoms with van der Waals surface area (Å²) in [5, 5.41) is 2.80. The quantitative estimate of drug-likeness (QED) is 0.887. The normalized spacial score (nSPS) is 10.4. The van der Waals surface area contributed by atoms with Crippen molar-refractivity contribution in [1.82, 2.24) is 5.32 Å². The molecule has 0 aliphatic heterocycles. The van der Waals surface area contributed by atoms with Crippen LogP contribution in [0.5, 0.6) is 5.75 Å². The monoisotopic (exact) mass is 291 g/mol. The van der Waals surface area contributed by atoms with Crippen LogP contribution in [-0.4, -0.2) is 19.1 Å². The molecule has 110 valence electrons. The lowest BCUT2D eigenvalue weighted by molar-refractivity contribution is -0.0498. The van der Waals surface area contributed by atoms with Crippen molar-refractivity contribution in [2.45, 2.75) is 13.0 Å². The van der Waals surface area contributed by atoms with Gasteiger partial charge >= 0.3 is 6.61 Å². The smallest absolute Gasteiger partial charge is 0.387 e. The van der Waals surface area contributed by atoms with E-state index in [9.17, 15) is 13.6 Å². The summed E-state index contributed by atoms with van der Waals surface area (Å²) in [7, 11) is 0. The Morgan fingerprint density at radius 3 is 2.33 bits per heavy atom. The molecule has 0 spiro atoms. The number of hydrogen-bond donors (Lipinski definition) is 1. The van der Waals surface area contributed by atoms with Crippen molar-refractivity contribution in [2.24, 2.45) is 0 Å². The average Bonchev–Trinajstić information content (AvgIpc) is 2.49. The Kier molecular flexibility index (Phi) is 5.26. The molecule has 2 aromatic rings. The molecule has 0 atom stereocenters. The van der Waals surface area contributed by atoms with Crippen molar-refractivity contribution in [3.8, 4) is 5.75 Å². The van der Waals surface area contributed by atoms with E-state index in [4.69, 9.17) is 0 Å². The highest BCUT2D eigenvalue weighted by atomic mass is 19.3. The van der Waals surface area contributed by atoms with Crippen molar-refractivity contribution < 1.29 is 18.3 Å². The number of alkyl halides is 2. The van der Waals surface area contributed by atoms with Crippen LogP contribution in [0.1, 0.15) is 15.9 Å². The minimum atomic E-state index is -2.82. The zero-order chi connectivity index (χ0) is 15.1. The van der Waals surface area contributed by atoms with E-state index >= 15 is 0 Å². The minimum absolute atomic E-state index is 0.127. The summed E-state index contributed by atoms with van der Waals surface area (Å²) < 4.78 is 28.3. The number of carbonyl (C=O) groups is 1. The van der Waals surface area contributed by atoms with E-state index in [1.165, 1.54) is 12.1 Å². The van der Waals surface area contributed by atoms with Crippen LogP contribution in [0.15, 0.2) is 54.6 Å². The molecular weight excluding hydrogens is 276 g/mol. The lowest BCUT2D eigenvalue weighted by Gasteiger charge is -2.07. The lowest BCUT2D eigenvalue weighted by atomic mass is 10.1. The van der Waals surface area contributed by atoms with Gasteiger partial charge in [-0.2, -0.15) is 8.78 Å². The van der Waals surface area contributed by atoms with Crippen molar-refractivity contribution in [1.29, 1.82) is 0 Å². The van der Waals surface area contributed by atoms with Gasteiger partial charge in [0.05, 0.1) is 0 Å². The third-order valence-corrected chi connectivity index (χ3v) is 2.88. The molecule has 0 saturated carbocycles. The van der Waals surface area contributed by atoms with E-state index in [-0.39, 0.29) is 11.7 Å². The van der Waals surface area contributed by atoms with Crippen LogP contribution < -0.4 is 10.1 Å². The highest BCUT2D eigenvalue weighted by Crippen LogP contribution is 2.15. The van der Waals surface area contributed by atoms with Crippen LogP contribution in [0.2, 0.25) is 0 Å². The van der Waals surface area contributed by atoms with E-state index in [0.29, 0.717) is 18.5 Å². The molecule has 0 unspecified atom stereocenters. The first-order valence-electron chi connectivity index (χ1n) is 6.52. The number of rotatable bonds is 6. The fourth-order valence-corrected chi connectivity index (χ4v) is 1.85. The molecule has 3 nitrogen and oxygen atoms in total. The van der Waals surface area contributed by atoms with Gasteiger partial charge in [-0.1, -0.05) is 30.3 Å². The molecule has 2 aromatic carbocycles. The molecule has 1 amide bonds. The van der Waals surface area contributed by atoms with Crippen LogP contribution in [0.25, 0.3) is 0 Å². The molecule has 21 heavy (non-hydrogen) atoms. The Bertz CT molecular complexity index is 571. The molecule has 2 rings (SSSR count). The van der Waals surface area contributed by atoms with Gasteiger partial charge < -0.3 is 10.1 Å². The van der Waals surface area contributed by atoms with Gasteiger partial charge in [0.25, 0.3) is 5.91 Å². The summed E-state index contributed by atoms with van der Waals surface area (Å²) in [5.41, 5.74) is 1.54. The molecule has 5 heteroatoms. The van der Waals surface area contributed by atoms with Gasteiger partial charge in [0, 0.05) is 12.1 Å². The van der Waals surface area contributed by atoms with Gasteiger partial charge in [-0.3, -0.25) is 4.79 Å². The van der Waals surface area contributed by atoms with Gasteiger partial charge in [0.2, 0.25) is 0 Å². The third-order valence-electron chi connectivity index (χ3n) is 2.88. The molecule has 0 radical (unpaired) electrons. The second-order valence-electron chi connectivity index (χ2n) is 4.39. The average molecular weight is 291 g/mol. The summed E-state index contributed by atoms with van der Waals surface area (Å²) in [6.07, 6.45) is 0.619. The first-order chi connectivity index (χ1) is 10.1. The molecule has 0 aliphatic rings. The van der Waals surface area contributed by atoms with Gasteiger partial charge in [0.1, 0.15) is 5.75 Å². The number of hydrogen-bond acceptors (Lipinski definition) is 2. The SMILES string of the molecule is O=C(NCCc1ccc(OC(F)F)cc1)c1ccccc1. The van der Waals surface area contributed by atoms with Gasteiger partial charge in [-0.25, -0.2) is 0 Å². The minimum Gasteiger partial charge on any atom is -0.435 e. The summed E-state index contributed by atoms with van der Waals surface area (Å²) in [4.78, 5) is 11.8. The Morgan fingerprint density at radius 1 is 1.05 bits per heavy atom. The second kappa shape index (κ2) is 7.38. The Morgan fingerprint density at radius 2 is 1.71 bits per heavy atom. The maximum Gasteiger partial charge on any atom is 0.387 e. The van der Waals surface area contributed by atoms with Crippen molar-refractivity contribution >= 4 is 5.91 Å². The van der Waals surface area contributed by atoms with E-state index < -0.39 is 6.61 Å². The fraction of sp³-hybridized carbons (Fsp3) is 0.188. The predicted octanol–water partition coefficient (Wildman–Crippen LogP) is 3.26. The number of halogens is 2. The van der Waals surface area contributed by atoms with Crippen LogP contribution in [0, 0.1) is 0 Å². The number of amides is 1. The van der Waals surface area contributed by atoms with Crippen molar-refractivity contribution in [3.05, 3.63) is 65.7 Å². The van der Waals surface area contributed by atoms with Gasteiger partial charge in [-0.05, 0) is 36.2 Å². The number of nitrogens with one attached hydrogen (secondary N) is 1. The van der Waals surface area contributed by atoms with Crippen LogP contribution in [-0.2, 0) is 6.42 Å². The Hall–Kier alpha value is -2.43. The molecular formula is C16H15F2NO2. The predicted molar refractivity (Wildman–Crippen MR) is 75.6 cm³/mol. The topological polar surface area (TPSA) is 38.3 Å². The molecule has 0 heterocycles. The van der Waals surface area contributed by atoms with Gasteiger partial charge in [0.15, 0.2) is 0 Å². The second-order valence-corrected chi connectivity index (χ2v) is 4.39. The summed E-state index contributed by atoms with van der Waals surface area (Å²) in [6, 6.07) is 15.3. The molecule has 0 fully saturated rings. The molecule has 0 aromatic heterocycles. The zero-order valence-corrected chi connectivity index (χ0v) is 11.3. The maximum atomic E-state index is 12.0. The largest absolute Gasteiger partial charge is 0.435 e. The summed E-state index contributed by atoms with van der Waals surface area (Å²) >= 11 is 0. The number of ether oxygens (including phenoxy) is 1. The van der Waals surface area contributed by atoms with E-state index in [0.717, 1.165) is 5.56 Å². The number of benzene rings is 2. The fourth-order valence-electron chi connectivity index (χ4n) is 1.85. The van der Waals surface area contributed by atoms with Crippen LogP contribution >= 0.6 is 0 Å². The maximum absolute atomic E-state index is 12.0. The van der Waals surface area contributed by atoms with Gasteiger partial charge in [-0.15, -0.1) is 0 Å². The van der Waals surface area contributed by atoms with Crippen LogP contribution in [0.4, 0.5) is 8.78 Å². The first kappa shape index (κ1) is 15.0. The summed E-state index contributed by atoms with van der Waals surface area (Å²) in [5.74, 6) is -0.00433. The highest BCUT2D eigenvalue weighted by molar-refractivity contribution is 5.94. The first-order valence-corrected chi connectivity index (χ1v) is 6.52. The highest BCUT2D eigenvalue weighted by Gasteiger charge is 2.05. The Labute approximate surface area is 121 Å². The lowest BCUT2D eigenvalue weighted by Crippen LogP contribution is -2.25. The van der Waals surface area contributed by atoms with E-state index in [1.807, 2.05) is 6.07 Å². The Balaban J connectivity index is 1.79. The van der Waals surface area contributed by atoms with Crippen molar-refractivity contribution in [3.63, 3.8) is 0 Å². The number of carbonyl (C=O) groups excluding carboxylic acids is 1. The third kappa shape index (κ3) is 4.87. The molecule has 1 N–H and O–H groups in total. The van der Waals surface area contributed by atoms with Crippen molar-refractivity contribution in [2.75, 3.05) is 6.54 Å². The van der Waals surface area contributed by atoms with E-state index in [1.54, 1.807) is 36.4 Å². The molecule has 0 saturated heterocycles. The zero-order valence-electron chi connectivity index (χ0n) is 11.3. The molecule has 0 bridgehead atoms. The van der Waals surface area contributed by atoms with E-state index in [2.05, 4.69) is 10.1 Å². The standard InChI is InChI=1S/C16H15F2NO2/c17-16(18)21-14-8-6-12(7-9-14)10-11-19-15(20)13-4-2-1-3-5-13/h1-9,16H,10-11H2,(H,19,20). The van der Waals surface area contributed by atoms with Crippen LogP contribution in [0.3, 0.4) is 0 Å². The molecule has 0 aliphatic carbocycles. The summed E-state index contributed by atoms with van der Waals surface area (Å²) in [6.45, 7) is -2.34.